The van der Waals surface area contributed by atoms with Gasteiger partial charge in [0.25, 0.3) is 0 Å². The van der Waals surface area contributed by atoms with E-state index in [0.717, 1.165) is 5.56 Å². The van der Waals surface area contributed by atoms with Crippen molar-refractivity contribution < 1.29 is 9.50 Å². The van der Waals surface area contributed by atoms with E-state index in [1.165, 1.54) is 12.1 Å². The van der Waals surface area contributed by atoms with Gasteiger partial charge in [0.05, 0.1) is 11.6 Å². The van der Waals surface area contributed by atoms with Gasteiger partial charge in [-0.2, -0.15) is 5.26 Å². The van der Waals surface area contributed by atoms with Gasteiger partial charge in [-0.15, -0.1) is 0 Å². The molecule has 0 bridgehead atoms. The van der Waals surface area contributed by atoms with Gasteiger partial charge in [-0.3, -0.25) is 0 Å². The lowest BCUT2D eigenvalue weighted by molar-refractivity contribution is 0.432. The largest absolute Gasteiger partial charge is 0.505 e. The van der Waals surface area contributed by atoms with Crippen molar-refractivity contribution in [2.75, 3.05) is 5.32 Å². The fourth-order valence-corrected chi connectivity index (χ4v) is 1.57. The molecule has 2 aromatic carbocycles. The summed E-state index contributed by atoms with van der Waals surface area (Å²) in [5, 5.41) is 20.8. The molecule has 0 saturated carbocycles. The number of rotatable bonds is 3. The maximum Gasteiger partial charge on any atom is 0.166 e. The Hall–Kier alpha value is -2.54. The average molecular weight is 242 g/mol. The Kier molecular flexibility index (Phi) is 3.44. The standard InChI is InChI=1S/C14H11FN2O/c15-13-7-12(4-5-14(13)18)17-9-11-3-1-2-10(6-11)8-16/h1-7,17-18H,9H2. The normalized spacial score (nSPS) is 9.78. The van der Waals surface area contributed by atoms with Gasteiger partial charge in [0, 0.05) is 18.3 Å². The van der Waals surface area contributed by atoms with Gasteiger partial charge in [-0.25, -0.2) is 4.39 Å². The van der Waals surface area contributed by atoms with Crippen LogP contribution in [0.1, 0.15) is 11.1 Å². The minimum absolute atomic E-state index is 0.368. The Labute approximate surface area is 104 Å². The molecule has 0 spiro atoms. The summed E-state index contributed by atoms with van der Waals surface area (Å²) < 4.78 is 13.1. The highest BCUT2D eigenvalue weighted by Crippen LogP contribution is 2.19. The van der Waals surface area contributed by atoms with Crippen LogP contribution in [-0.2, 0) is 6.54 Å². The van der Waals surface area contributed by atoms with Gasteiger partial charge < -0.3 is 10.4 Å². The molecule has 0 saturated heterocycles. The predicted molar refractivity (Wildman–Crippen MR) is 66.5 cm³/mol. The van der Waals surface area contributed by atoms with E-state index in [4.69, 9.17) is 10.4 Å². The van der Waals surface area contributed by atoms with Gasteiger partial charge in [0.1, 0.15) is 0 Å². The van der Waals surface area contributed by atoms with Crippen LogP contribution in [0.25, 0.3) is 0 Å². The van der Waals surface area contributed by atoms with Crippen LogP contribution >= 0.6 is 0 Å². The van der Waals surface area contributed by atoms with Crippen molar-refractivity contribution >= 4 is 5.69 Å². The van der Waals surface area contributed by atoms with E-state index in [9.17, 15) is 4.39 Å². The molecule has 4 heteroatoms. The highest BCUT2D eigenvalue weighted by Gasteiger charge is 2.01. The van der Waals surface area contributed by atoms with Gasteiger partial charge >= 0.3 is 0 Å². The van der Waals surface area contributed by atoms with Crippen molar-refractivity contribution in [3.8, 4) is 11.8 Å². The quantitative estimate of drug-likeness (QED) is 0.813. The van der Waals surface area contributed by atoms with Crippen molar-refractivity contribution in [2.45, 2.75) is 6.54 Å². The lowest BCUT2D eigenvalue weighted by Gasteiger charge is -2.07. The Balaban J connectivity index is 2.07. The van der Waals surface area contributed by atoms with E-state index >= 15 is 0 Å². The van der Waals surface area contributed by atoms with Gasteiger partial charge in [-0.05, 0) is 29.8 Å². The van der Waals surface area contributed by atoms with Crippen LogP contribution in [0.3, 0.4) is 0 Å². The van der Waals surface area contributed by atoms with Gasteiger partial charge in [-0.1, -0.05) is 12.1 Å². The Morgan fingerprint density at radius 3 is 2.78 bits per heavy atom. The molecule has 0 aliphatic rings. The van der Waals surface area contributed by atoms with Gasteiger partial charge in [0.2, 0.25) is 0 Å². The van der Waals surface area contributed by atoms with E-state index < -0.39 is 5.82 Å². The van der Waals surface area contributed by atoms with Crippen LogP contribution in [0.5, 0.6) is 5.75 Å². The van der Waals surface area contributed by atoms with Crippen molar-refractivity contribution in [3.05, 3.63) is 59.4 Å². The molecular weight excluding hydrogens is 231 g/mol. The zero-order chi connectivity index (χ0) is 13.0. The molecule has 0 atom stereocenters. The van der Waals surface area contributed by atoms with Crippen molar-refractivity contribution in [2.24, 2.45) is 0 Å². The molecule has 0 aromatic heterocycles. The molecule has 90 valence electrons. The SMILES string of the molecule is N#Cc1cccc(CNc2ccc(O)c(F)c2)c1. The highest BCUT2D eigenvalue weighted by atomic mass is 19.1. The number of nitrogens with zero attached hydrogens (tertiary/aromatic N) is 1. The summed E-state index contributed by atoms with van der Waals surface area (Å²) in [4.78, 5) is 0. The number of halogens is 1. The Bertz CT molecular complexity index is 605. The van der Waals surface area contributed by atoms with E-state index in [2.05, 4.69) is 11.4 Å². The van der Waals surface area contributed by atoms with Crippen molar-refractivity contribution in [1.82, 2.24) is 0 Å². The summed E-state index contributed by atoms with van der Waals surface area (Å²) in [5.74, 6) is -1.03. The van der Waals surface area contributed by atoms with E-state index in [1.807, 2.05) is 6.07 Å². The number of hydrogen-bond acceptors (Lipinski definition) is 3. The van der Waals surface area contributed by atoms with E-state index in [0.29, 0.717) is 17.8 Å². The Morgan fingerprint density at radius 2 is 2.06 bits per heavy atom. The minimum Gasteiger partial charge on any atom is -0.505 e. The second kappa shape index (κ2) is 5.19. The summed E-state index contributed by atoms with van der Waals surface area (Å²) >= 11 is 0. The summed E-state index contributed by atoms with van der Waals surface area (Å²) in [6.45, 7) is 0.486. The first-order valence-corrected chi connectivity index (χ1v) is 5.40. The molecule has 0 radical (unpaired) electrons. The lowest BCUT2D eigenvalue weighted by Crippen LogP contribution is -1.99. The number of phenols is 1. The first-order chi connectivity index (χ1) is 8.69. The number of benzene rings is 2. The van der Waals surface area contributed by atoms with Crippen molar-refractivity contribution in [1.29, 1.82) is 5.26 Å². The predicted octanol–water partition coefficient (Wildman–Crippen LogP) is 3.02. The summed E-state index contributed by atoms with van der Waals surface area (Å²) in [5.41, 5.74) is 2.10. The molecule has 0 unspecified atom stereocenters. The number of nitrogens with one attached hydrogen (secondary N) is 1. The Morgan fingerprint density at radius 1 is 1.22 bits per heavy atom. The minimum atomic E-state index is -0.661. The fourth-order valence-electron chi connectivity index (χ4n) is 1.57. The highest BCUT2D eigenvalue weighted by molar-refractivity contribution is 5.47. The first-order valence-electron chi connectivity index (χ1n) is 5.40. The van der Waals surface area contributed by atoms with Gasteiger partial charge in [0.15, 0.2) is 11.6 Å². The molecule has 18 heavy (non-hydrogen) atoms. The van der Waals surface area contributed by atoms with Crippen LogP contribution in [0.2, 0.25) is 0 Å². The number of aromatic hydroxyl groups is 1. The zero-order valence-electron chi connectivity index (χ0n) is 9.52. The third kappa shape index (κ3) is 2.77. The van der Waals surface area contributed by atoms with Crippen LogP contribution in [0.15, 0.2) is 42.5 Å². The van der Waals surface area contributed by atoms with Crippen LogP contribution in [0.4, 0.5) is 10.1 Å². The second-order valence-corrected chi connectivity index (χ2v) is 3.83. The van der Waals surface area contributed by atoms with E-state index in [-0.39, 0.29) is 5.75 Å². The van der Waals surface area contributed by atoms with Crippen LogP contribution in [0, 0.1) is 17.1 Å². The number of nitriles is 1. The lowest BCUT2D eigenvalue weighted by atomic mass is 10.1. The molecular formula is C14H11FN2O. The molecule has 0 heterocycles. The maximum absolute atomic E-state index is 13.1. The molecule has 0 fully saturated rings. The molecule has 3 nitrogen and oxygen atoms in total. The molecule has 0 aliphatic carbocycles. The number of hydrogen-bond donors (Lipinski definition) is 2. The summed E-state index contributed by atoms with van der Waals surface area (Å²) in [6, 6.07) is 13.3. The third-order valence-corrected chi connectivity index (χ3v) is 2.50. The molecule has 2 rings (SSSR count). The molecule has 0 aliphatic heterocycles. The fraction of sp³-hybridized carbons (Fsp3) is 0.0714. The average Bonchev–Trinajstić information content (AvgIpc) is 2.40. The maximum atomic E-state index is 13.1. The van der Waals surface area contributed by atoms with Crippen LogP contribution in [-0.4, -0.2) is 5.11 Å². The van der Waals surface area contributed by atoms with Crippen LogP contribution < -0.4 is 5.32 Å². The smallest absolute Gasteiger partial charge is 0.166 e. The monoisotopic (exact) mass is 242 g/mol. The topological polar surface area (TPSA) is 56.0 Å². The zero-order valence-corrected chi connectivity index (χ0v) is 9.52. The molecule has 2 N–H and O–H groups in total. The third-order valence-electron chi connectivity index (χ3n) is 2.50. The van der Waals surface area contributed by atoms with E-state index in [1.54, 1.807) is 24.3 Å². The number of phenolic OH excluding ortho intramolecular Hbond substituents is 1. The summed E-state index contributed by atoms with van der Waals surface area (Å²) in [6.07, 6.45) is 0. The molecule has 0 amide bonds. The number of anilines is 1. The summed E-state index contributed by atoms with van der Waals surface area (Å²) in [7, 11) is 0. The second-order valence-electron chi connectivity index (χ2n) is 3.83. The van der Waals surface area contributed by atoms with Crippen molar-refractivity contribution in [3.63, 3.8) is 0 Å². The molecule has 2 aromatic rings. The first kappa shape index (κ1) is 11.9.